The van der Waals surface area contributed by atoms with E-state index in [0.717, 1.165) is 32.1 Å². The lowest BCUT2D eigenvalue weighted by Gasteiger charge is -2.09. The zero-order valence-corrected chi connectivity index (χ0v) is 16.9. The number of hydrogen-bond donors (Lipinski definition) is 1. The number of phenols is 1. The highest BCUT2D eigenvalue weighted by atomic mass is 16.5. The Morgan fingerprint density at radius 1 is 0.846 bits per heavy atom. The van der Waals surface area contributed by atoms with E-state index < -0.39 is 0 Å². The molecule has 3 nitrogen and oxygen atoms in total. The molecule has 0 saturated carbocycles. The normalized spacial score (nSPS) is 10.8. The molecule has 0 bridgehead atoms. The number of hydrogen-bond acceptors (Lipinski definition) is 3. The van der Waals surface area contributed by atoms with Crippen molar-refractivity contribution in [1.82, 2.24) is 0 Å². The quantitative estimate of drug-likeness (QED) is 0.253. The molecule has 0 spiro atoms. The Morgan fingerprint density at radius 3 is 2.04 bits per heavy atom. The van der Waals surface area contributed by atoms with Gasteiger partial charge in [-0.3, -0.25) is 4.79 Å². The number of carbonyl (C=O) groups excluding carboxylic acids is 1. The monoisotopic (exact) mass is 362 g/mol. The Balaban J connectivity index is 2.21. The van der Waals surface area contributed by atoms with Crippen molar-refractivity contribution in [1.29, 1.82) is 0 Å². The fraction of sp³-hybridized carbons (Fsp3) is 0.696. The summed E-state index contributed by atoms with van der Waals surface area (Å²) >= 11 is 0. The van der Waals surface area contributed by atoms with Crippen LogP contribution >= 0.6 is 0 Å². The Bertz CT molecular complexity index is 496. The number of aromatic hydroxyl groups is 1. The molecule has 1 aromatic rings. The molecule has 1 rings (SSSR count). The summed E-state index contributed by atoms with van der Waals surface area (Å²) < 4.78 is 5.61. The molecule has 0 aliphatic carbocycles. The molecule has 0 saturated heterocycles. The molecule has 148 valence electrons. The molecular formula is C23H38O3. The first-order chi connectivity index (χ1) is 12.7. The van der Waals surface area contributed by atoms with Crippen LogP contribution in [0.2, 0.25) is 0 Å². The van der Waals surface area contributed by atoms with Crippen molar-refractivity contribution in [2.75, 3.05) is 6.61 Å². The minimum atomic E-state index is 0.0305. The largest absolute Gasteiger partial charge is 0.507 e. The molecule has 0 fully saturated rings. The Morgan fingerprint density at radius 2 is 1.42 bits per heavy atom. The lowest BCUT2D eigenvalue weighted by molar-refractivity contribution is 0.0976. The molecular weight excluding hydrogens is 324 g/mol. The standard InChI is InChI=1S/C23H38O3/c1-3-5-7-8-9-10-11-12-13-15-22(24)21-17-16-20(19-23(21)25)26-18-14-6-4-2/h16-17,19,25H,3-15,18H2,1-2H3. The van der Waals surface area contributed by atoms with E-state index in [0.29, 0.717) is 24.3 Å². The van der Waals surface area contributed by atoms with Crippen molar-refractivity contribution in [3.8, 4) is 11.5 Å². The average molecular weight is 363 g/mol. The maximum absolute atomic E-state index is 12.3. The number of ketones is 1. The number of unbranched alkanes of at least 4 members (excludes halogenated alkanes) is 10. The second kappa shape index (κ2) is 14.6. The molecule has 0 amide bonds. The highest BCUT2D eigenvalue weighted by molar-refractivity contribution is 5.98. The Kier molecular flexibility index (Phi) is 12.7. The molecule has 0 heterocycles. The van der Waals surface area contributed by atoms with Crippen LogP contribution in [-0.2, 0) is 0 Å². The third-order valence-corrected chi connectivity index (χ3v) is 4.79. The number of rotatable bonds is 16. The van der Waals surface area contributed by atoms with Gasteiger partial charge >= 0.3 is 0 Å². The fourth-order valence-electron chi connectivity index (χ4n) is 3.11. The minimum absolute atomic E-state index is 0.0305. The maximum atomic E-state index is 12.3. The van der Waals surface area contributed by atoms with Gasteiger partial charge in [0.05, 0.1) is 12.2 Å². The van der Waals surface area contributed by atoms with E-state index in [-0.39, 0.29) is 11.5 Å². The lowest BCUT2D eigenvalue weighted by atomic mass is 10.0. The van der Waals surface area contributed by atoms with Crippen molar-refractivity contribution < 1.29 is 14.6 Å². The van der Waals surface area contributed by atoms with Crippen LogP contribution in [0.3, 0.4) is 0 Å². The summed E-state index contributed by atoms with van der Waals surface area (Å²) in [5, 5.41) is 10.1. The second-order valence-corrected chi connectivity index (χ2v) is 7.24. The summed E-state index contributed by atoms with van der Waals surface area (Å²) in [6.45, 7) is 5.04. The zero-order valence-electron chi connectivity index (χ0n) is 16.9. The first-order valence-electron chi connectivity index (χ1n) is 10.7. The van der Waals surface area contributed by atoms with Crippen LogP contribution in [0.15, 0.2) is 18.2 Å². The van der Waals surface area contributed by atoms with E-state index in [9.17, 15) is 9.90 Å². The Labute approximate surface area is 160 Å². The molecule has 0 radical (unpaired) electrons. The summed E-state index contributed by atoms with van der Waals surface area (Å²) in [6.07, 6.45) is 14.9. The van der Waals surface area contributed by atoms with E-state index in [4.69, 9.17) is 4.74 Å². The van der Waals surface area contributed by atoms with E-state index in [1.54, 1.807) is 18.2 Å². The number of ether oxygens (including phenoxy) is 1. The maximum Gasteiger partial charge on any atom is 0.166 e. The number of benzene rings is 1. The summed E-state index contributed by atoms with van der Waals surface area (Å²) in [5.41, 5.74) is 0.422. The lowest BCUT2D eigenvalue weighted by Crippen LogP contribution is -2.01. The van der Waals surface area contributed by atoms with Crippen LogP contribution < -0.4 is 4.74 Å². The van der Waals surface area contributed by atoms with Gasteiger partial charge in [-0.2, -0.15) is 0 Å². The van der Waals surface area contributed by atoms with E-state index in [1.807, 2.05) is 0 Å². The van der Waals surface area contributed by atoms with E-state index in [2.05, 4.69) is 13.8 Å². The molecule has 0 aliphatic heterocycles. The topological polar surface area (TPSA) is 46.5 Å². The van der Waals surface area contributed by atoms with Gasteiger partial charge in [-0.15, -0.1) is 0 Å². The van der Waals surface area contributed by atoms with Gasteiger partial charge in [0.2, 0.25) is 0 Å². The summed E-state index contributed by atoms with van der Waals surface area (Å²) in [4.78, 5) is 12.3. The molecule has 26 heavy (non-hydrogen) atoms. The zero-order chi connectivity index (χ0) is 19.0. The van der Waals surface area contributed by atoms with E-state index >= 15 is 0 Å². The first-order valence-corrected chi connectivity index (χ1v) is 10.7. The van der Waals surface area contributed by atoms with Crippen LogP contribution in [0.1, 0.15) is 108 Å². The first kappa shape index (κ1) is 22.5. The molecule has 0 aliphatic rings. The molecule has 0 atom stereocenters. The number of Topliss-reactive ketones (excluding diaryl/α,β-unsaturated/α-hetero) is 1. The molecule has 0 aromatic heterocycles. The van der Waals surface area contributed by atoms with Crippen LogP contribution in [0, 0.1) is 0 Å². The Hall–Kier alpha value is -1.51. The van der Waals surface area contributed by atoms with Crippen LogP contribution in [-0.4, -0.2) is 17.5 Å². The second-order valence-electron chi connectivity index (χ2n) is 7.24. The molecule has 3 heteroatoms. The van der Waals surface area contributed by atoms with Gasteiger partial charge in [0.25, 0.3) is 0 Å². The van der Waals surface area contributed by atoms with Gasteiger partial charge in [0.15, 0.2) is 5.78 Å². The third kappa shape index (κ3) is 9.84. The highest BCUT2D eigenvalue weighted by Gasteiger charge is 2.12. The molecule has 1 N–H and O–H groups in total. The van der Waals surface area contributed by atoms with Crippen molar-refractivity contribution in [2.24, 2.45) is 0 Å². The third-order valence-electron chi connectivity index (χ3n) is 4.79. The van der Waals surface area contributed by atoms with Gasteiger partial charge in [-0.25, -0.2) is 0 Å². The fourth-order valence-corrected chi connectivity index (χ4v) is 3.11. The predicted octanol–water partition coefficient (Wildman–Crippen LogP) is 7.06. The summed E-state index contributed by atoms with van der Waals surface area (Å²) in [6, 6.07) is 5.05. The predicted molar refractivity (Wildman–Crippen MR) is 109 cm³/mol. The van der Waals surface area contributed by atoms with Crippen LogP contribution in [0.5, 0.6) is 11.5 Å². The van der Waals surface area contributed by atoms with Gasteiger partial charge in [0.1, 0.15) is 11.5 Å². The number of carbonyl (C=O) groups is 1. The van der Waals surface area contributed by atoms with Crippen LogP contribution in [0.25, 0.3) is 0 Å². The summed E-state index contributed by atoms with van der Waals surface area (Å²) in [5.74, 6) is 0.708. The summed E-state index contributed by atoms with van der Waals surface area (Å²) in [7, 11) is 0. The SMILES string of the molecule is CCCCCCCCCCCC(=O)c1ccc(OCCCCC)cc1O. The van der Waals surface area contributed by atoms with Crippen molar-refractivity contribution >= 4 is 5.78 Å². The van der Waals surface area contributed by atoms with Crippen molar-refractivity contribution in [3.05, 3.63) is 23.8 Å². The van der Waals surface area contributed by atoms with Crippen molar-refractivity contribution in [2.45, 2.75) is 97.3 Å². The highest BCUT2D eigenvalue weighted by Crippen LogP contribution is 2.25. The van der Waals surface area contributed by atoms with Gasteiger partial charge in [-0.1, -0.05) is 78.1 Å². The minimum Gasteiger partial charge on any atom is -0.507 e. The van der Waals surface area contributed by atoms with Crippen LogP contribution in [0.4, 0.5) is 0 Å². The molecule has 0 unspecified atom stereocenters. The van der Waals surface area contributed by atoms with E-state index in [1.165, 1.54) is 44.9 Å². The average Bonchev–Trinajstić information content (AvgIpc) is 2.64. The van der Waals surface area contributed by atoms with Gasteiger partial charge in [0, 0.05) is 12.5 Å². The van der Waals surface area contributed by atoms with Crippen molar-refractivity contribution in [3.63, 3.8) is 0 Å². The number of phenolic OH excluding ortho intramolecular Hbond substituents is 1. The van der Waals surface area contributed by atoms with Gasteiger partial charge < -0.3 is 9.84 Å². The van der Waals surface area contributed by atoms with Gasteiger partial charge in [-0.05, 0) is 25.0 Å². The molecule has 1 aromatic carbocycles. The smallest absolute Gasteiger partial charge is 0.166 e.